The van der Waals surface area contributed by atoms with Crippen molar-refractivity contribution in [3.05, 3.63) is 33.5 Å². The Morgan fingerprint density at radius 1 is 1.42 bits per heavy atom. The molecule has 6 nitrogen and oxygen atoms in total. The first-order valence-electron chi connectivity index (χ1n) is 8.29. The van der Waals surface area contributed by atoms with Crippen molar-refractivity contribution in [3.8, 4) is 0 Å². The van der Waals surface area contributed by atoms with Gasteiger partial charge in [-0.05, 0) is 32.0 Å². The summed E-state index contributed by atoms with van der Waals surface area (Å²) in [6, 6.07) is 1.67. The SMILES string of the molecule is CC(C)(C)c1csc(CN2CCC(c3cc(C(=O)O)n[nH]3)CC2)n1. The van der Waals surface area contributed by atoms with E-state index in [0.29, 0.717) is 5.92 Å². The van der Waals surface area contributed by atoms with Gasteiger partial charge in [0.05, 0.1) is 12.2 Å². The van der Waals surface area contributed by atoms with Gasteiger partial charge in [0.2, 0.25) is 0 Å². The van der Waals surface area contributed by atoms with E-state index in [0.717, 1.165) is 43.9 Å². The van der Waals surface area contributed by atoms with Gasteiger partial charge in [-0.2, -0.15) is 5.10 Å². The summed E-state index contributed by atoms with van der Waals surface area (Å²) in [6.45, 7) is 9.46. The number of piperidine rings is 1. The maximum absolute atomic E-state index is 10.9. The summed E-state index contributed by atoms with van der Waals surface area (Å²) in [7, 11) is 0. The smallest absolute Gasteiger partial charge is 0.356 e. The first-order chi connectivity index (χ1) is 11.3. The Kier molecular flexibility index (Phi) is 4.73. The molecule has 0 saturated carbocycles. The van der Waals surface area contributed by atoms with Crippen LogP contribution < -0.4 is 0 Å². The number of carbonyl (C=O) groups is 1. The molecular weight excluding hydrogens is 324 g/mol. The third-order valence-electron chi connectivity index (χ3n) is 4.52. The molecule has 0 radical (unpaired) electrons. The van der Waals surface area contributed by atoms with Crippen LogP contribution in [0.5, 0.6) is 0 Å². The van der Waals surface area contributed by atoms with Crippen LogP contribution in [0.1, 0.15) is 66.4 Å². The highest BCUT2D eigenvalue weighted by atomic mass is 32.1. The molecule has 0 atom stereocenters. The minimum atomic E-state index is -0.978. The van der Waals surface area contributed by atoms with Crippen molar-refractivity contribution in [1.82, 2.24) is 20.1 Å². The maximum Gasteiger partial charge on any atom is 0.356 e. The Hall–Kier alpha value is -1.73. The predicted molar refractivity (Wildman–Crippen MR) is 93.6 cm³/mol. The van der Waals surface area contributed by atoms with Crippen LogP contribution in [0.25, 0.3) is 0 Å². The Balaban J connectivity index is 1.55. The molecule has 2 aromatic rings. The minimum Gasteiger partial charge on any atom is -0.476 e. The van der Waals surface area contributed by atoms with Crippen molar-refractivity contribution >= 4 is 17.3 Å². The van der Waals surface area contributed by atoms with Crippen LogP contribution in [0.3, 0.4) is 0 Å². The van der Waals surface area contributed by atoms with E-state index in [4.69, 9.17) is 10.1 Å². The van der Waals surface area contributed by atoms with E-state index in [1.54, 1.807) is 17.4 Å². The number of thiazole rings is 1. The zero-order valence-corrected chi connectivity index (χ0v) is 15.2. The molecule has 1 fully saturated rings. The molecule has 3 heterocycles. The first-order valence-corrected chi connectivity index (χ1v) is 9.17. The fraction of sp³-hybridized carbons (Fsp3) is 0.588. The van der Waals surface area contributed by atoms with Crippen molar-refractivity contribution in [3.63, 3.8) is 0 Å². The Labute approximate surface area is 145 Å². The lowest BCUT2D eigenvalue weighted by molar-refractivity contribution is 0.0690. The molecular formula is C17H24N4O2S. The van der Waals surface area contributed by atoms with Crippen LogP contribution in [0.2, 0.25) is 0 Å². The number of aromatic amines is 1. The van der Waals surface area contributed by atoms with Crippen LogP contribution >= 0.6 is 11.3 Å². The third-order valence-corrected chi connectivity index (χ3v) is 5.36. The highest BCUT2D eigenvalue weighted by Crippen LogP contribution is 2.29. The van der Waals surface area contributed by atoms with Crippen molar-refractivity contribution in [2.75, 3.05) is 13.1 Å². The van der Waals surface area contributed by atoms with Crippen molar-refractivity contribution in [2.24, 2.45) is 0 Å². The molecule has 0 bridgehead atoms. The second-order valence-corrected chi connectivity index (χ2v) is 8.38. The lowest BCUT2D eigenvalue weighted by Crippen LogP contribution is -2.32. The molecule has 7 heteroatoms. The van der Waals surface area contributed by atoms with Crippen LogP contribution in [0, 0.1) is 0 Å². The number of H-pyrrole nitrogens is 1. The molecule has 1 saturated heterocycles. The second kappa shape index (κ2) is 6.64. The van der Waals surface area contributed by atoms with Gasteiger partial charge in [0.15, 0.2) is 5.69 Å². The van der Waals surface area contributed by atoms with E-state index in [-0.39, 0.29) is 11.1 Å². The second-order valence-electron chi connectivity index (χ2n) is 7.44. The van der Waals surface area contributed by atoms with Crippen molar-refractivity contribution < 1.29 is 9.90 Å². The van der Waals surface area contributed by atoms with Gasteiger partial charge in [-0.25, -0.2) is 9.78 Å². The fourth-order valence-electron chi connectivity index (χ4n) is 2.98. The average Bonchev–Trinajstić information content (AvgIpc) is 3.16. The minimum absolute atomic E-state index is 0.101. The van der Waals surface area contributed by atoms with Gasteiger partial charge in [0.1, 0.15) is 5.01 Å². The Bertz CT molecular complexity index is 708. The molecule has 1 aliphatic heterocycles. The number of hydrogen-bond donors (Lipinski definition) is 2. The number of nitrogens with one attached hydrogen (secondary N) is 1. The summed E-state index contributed by atoms with van der Waals surface area (Å²) in [5.74, 6) is -0.614. The standard InChI is InChI=1S/C17H24N4O2S/c1-17(2,3)14-10-24-15(18-14)9-21-6-4-11(5-7-21)12-8-13(16(22)23)20-19-12/h8,10-11H,4-7,9H2,1-3H3,(H,19,20)(H,22,23). The van der Waals surface area contributed by atoms with Gasteiger partial charge in [-0.15, -0.1) is 11.3 Å². The number of nitrogens with zero attached hydrogens (tertiary/aromatic N) is 3. The quantitative estimate of drug-likeness (QED) is 0.886. The molecule has 2 N–H and O–H groups in total. The monoisotopic (exact) mass is 348 g/mol. The molecule has 24 heavy (non-hydrogen) atoms. The molecule has 0 amide bonds. The molecule has 0 unspecified atom stereocenters. The molecule has 1 aliphatic rings. The molecule has 3 rings (SSSR count). The lowest BCUT2D eigenvalue weighted by atomic mass is 9.93. The Morgan fingerprint density at radius 3 is 2.67 bits per heavy atom. The molecule has 2 aromatic heterocycles. The van der Waals surface area contributed by atoms with Crippen molar-refractivity contribution in [2.45, 2.75) is 51.5 Å². The van der Waals surface area contributed by atoms with E-state index < -0.39 is 5.97 Å². The number of aromatic carboxylic acids is 1. The Morgan fingerprint density at radius 2 is 2.12 bits per heavy atom. The lowest BCUT2D eigenvalue weighted by Gasteiger charge is -2.30. The van der Waals surface area contributed by atoms with E-state index in [9.17, 15) is 4.79 Å². The summed E-state index contributed by atoms with van der Waals surface area (Å²) in [6.07, 6.45) is 2.03. The summed E-state index contributed by atoms with van der Waals surface area (Å²) < 4.78 is 0. The zero-order chi connectivity index (χ0) is 17.3. The largest absolute Gasteiger partial charge is 0.476 e. The first kappa shape index (κ1) is 17.1. The maximum atomic E-state index is 10.9. The van der Waals surface area contributed by atoms with Gasteiger partial charge in [-0.3, -0.25) is 10.00 Å². The number of hydrogen-bond acceptors (Lipinski definition) is 5. The van der Waals surface area contributed by atoms with E-state index in [1.807, 2.05) is 0 Å². The number of carboxylic acids is 1. The van der Waals surface area contributed by atoms with E-state index in [2.05, 4.69) is 41.2 Å². The normalized spacial score (nSPS) is 17.3. The number of carboxylic acid groups (broad SMARTS) is 1. The summed E-state index contributed by atoms with van der Waals surface area (Å²) in [4.78, 5) is 18.1. The molecule has 0 aromatic carbocycles. The highest BCUT2D eigenvalue weighted by molar-refractivity contribution is 7.09. The summed E-state index contributed by atoms with van der Waals surface area (Å²) in [5.41, 5.74) is 2.31. The molecule has 130 valence electrons. The summed E-state index contributed by atoms with van der Waals surface area (Å²) in [5, 5.41) is 19.0. The van der Waals surface area contributed by atoms with Crippen LogP contribution in [-0.4, -0.2) is 44.2 Å². The predicted octanol–water partition coefficient (Wildman–Crippen LogP) is 3.24. The van der Waals surface area contributed by atoms with Gasteiger partial charge in [0.25, 0.3) is 0 Å². The molecule has 0 spiro atoms. The van der Waals surface area contributed by atoms with Gasteiger partial charge in [0, 0.05) is 22.4 Å². The third kappa shape index (κ3) is 3.84. The van der Waals surface area contributed by atoms with Crippen molar-refractivity contribution in [1.29, 1.82) is 0 Å². The van der Waals surface area contributed by atoms with Gasteiger partial charge in [-0.1, -0.05) is 20.8 Å². The number of aromatic nitrogens is 3. The highest BCUT2D eigenvalue weighted by Gasteiger charge is 2.24. The van der Waals surface area contributed by atoms with E-state index >= 15 is 0 Å². The van der Waals surface area contributed by atoms with Gasteiger partial charge >= 0.3 is 5.97 Å². The topological polar surface area (TPSA) is 82.1 Å². The number of likely N-dealkylation sites (tertiary alicyclic amines) is 1. The van der Waals surface area contributed by atoms with Gasteiger partial charge < -0.3 is 5.11 Å². The zero-order valence-electron chi connectivity index (χ0n) is 14.4. The van der Waals surface area contributed by atoms with Crippen LogP contribution in [0.4, 0.5) is 0 Å². The summed E-state index contributed by atoms with van der Waals surface area (Å²) >= 11 is 1.74. The van der Waals surface area contributed by atoms with Crippen LogP contribution in [0.15, 0.2) is 11.4 Å². The average molecular weight is 348 g/mol. The van der Waals surface area contributed by atoms with E-state index in [1.165, 1.54) is 5.01 Å². The molecule has 0 aliphatic carbocycles. The van der Waals surface area contributed by atoms with Crippen LogP contribution in [-0.2, 0) is 12.0 Å². The number of rotatable bonds is 4. The fourth-order valence-corrected chi connectivity index (χ4v) is 4.04.